The Bertz CT molecular complexity index is 780. The molecule has 150 valence electrons. The highest BCUT2D eigenvalue weighted by Gasteiger charge is 2.17. The third kappa shape index (κ3) is 5.00. The maximum Gasteiger partial charge on any atom is 0.271 e. The summed E-state index contributed by atoms with van der Waals surface area (Å²) in [6.07, 6.45) is 8.91. The van der Waals surface area contributed by atoms with Gasteiger partial charge in [0.15, 0.2) is 0 Å². The molecule has 1 amide bonds. The molecule has 0 saturated heterocycles. The summed E-state index contributed by atoms with van der Waals surface area (Å²) in [5.74, 6) is 0.499. The number of aromatic nitrogens is 2. The normalized spacial score (nSPS) is 14.5. The Morgan fingerprint density at radius 1 is 1.11 bits per heavy atom. The van der Waals surface area contributed by atoms with Gasteiger partial charge in [-0.1, -0.05) is 19.3 Å². The smallest absolute Gasteiger partial charge is 0.271 e. The summed E-state index contributed by atoms with van der Waals surface area (Å²) < 4.78 is 0. The fourth-order valence-corrected chi connectivity index (χ4v) is 3.73. The first kappa shape index (κ1) is 20.1. The quantitative estimate of drug-likeness (QED) is 0.742. The van der Waals surface area contributed by atoms with Crippen molar-refractivity contribution in [3.63, 3.8) is 0 Å². The van der Waals surface area contributed by atoms with Gasteiger partial charge in [-0.25, -0.2) is 9.97 Å². The van der Waals surface area contributed by atoms with E-state index in [0.717, 1.165) is 37.2 Å². The summed E-state index contributed by atoms with van der Waals surface area (Å²) in [5, 5.41) is 6.37. The summed E-state index contributed by atoms with van der Waals surface area (Å²) in [6.45, 7) is 8.37. The Hall–Kier alpha value is -2.63. The first-order valence-corrected chi connectivity index (χ1v) is 10.4. The molecule has 0 aliphatic heterocycles. The van der Waals surface area contributed by atoms with Gasteiger partial charge in [-0.2, -0.15) is 0 Å². The second-order valence-corrected chi connectivity index (χ2v) is 7.39. The molecule has 0 unspecified atom stereocenters. The van der Waals surface area contributed by atoms with Crippen molar-refractivity contribution >= 4 is 23.1 Å². The van der Waals surface area contributed by atoms with Crippen LogP contribution in [0.1, 0.15) is 62.0 Å². The van der Waals surface area contributed by atoms with Crippen molar-refractivity contribution in [2.24, 2.45) is 0 Å². The van der Waals surface area contributed by atoms with Crippen LogP contribution in [0.15, 0.2) is 30.6 Å². The van der Waals surface area contributed by atoms with Gasteiger partial charge >= 0.3 is 0 Å². The van der Waals surface area contributed by atoms with E-state index in [1.165, 1.54) is 24.9 Å². The monoisotopic (exact) mass is 381 g/mol. The van der Waals surface area contributed by atoms with E-state index in [0.29, 0.717) is 11.5 Å². The molecule has 2 N–H and O–H groups in total. The molecule has 1 aliphatic carbocycles. The van der Waals surface area contributed by atoms with Crippen molar-refractivity contribution in [1.29, 1.82) is 0 Å². The lowest BCUT2D eigenvalue weighted by Crippen LogP contribution is -2.36. The molecule has 1 fully saturated rings. The maximum absolute atomic E-state index is 12.4. The Labute approximate surface area is 167 Å². The van der Waals surface area contributed by atoms with Gasteiger partial charge in [0.05, 0.1) is 12.4 Å². The molecule has 0 spiro atoms. The summed E-state index contributed by atoms with van der Waals surface area (Å²) in [4.78, 5) is 23.3. The van der Waals surface area contributed by atoms with Crippen molar-refractivity contribution in [1.82, 2.24) is 15.3 Å². The van der Waals surface area contributed by atoms with Gasteiger partial charge in [-0.3, -0.25) is 4.79 Å². The predicted molar refractivity (Wildman–Crippen MR) is 114 cm³/mol. The van der Waals surface area contributed by atoms with E-state index in [9.17, 15) is 4.79 Å². The van der Waals surface area contributed by atoms with Crippen molar-refractivity contribution < 1.29 is 4.79 Å². The Morgan fingerprint density at radius 2 is 1.86 bits per heavy atom. The average molecular weight is 382 g/mol. The van der Waals surface area contributed by atoms with Crippen molar-refractivity contribution in [3.05, 3.63) is 41.9 Å². The van der Waals surface area contributed by atoms with Crippen LogP contribution in [-0.4, -0.2) is 35.0 Å². The molecule has 1 heterocycles. The number of hydrogen-bond donors (Lipinski definition) is 2. The number of anilines is 3. The second kappa shape index (κ2) is 9.53. The molecule has 1 aromatic carbocycles. The summed E-state index contributed by atoms with van der Waals surface area (Å²) >= 11 is 0. The zero-order valence-electron chi connectivity index (χ0n) is 17.2. The van der Waals surface area contributed by atoms with Crippen molar-refractivity contribution in [2.45, 2.75) is 58.9 Å². The fourth-order valence-electron chi connectivity index (χ4n) is 3.73. The van der Waals surface area contributed by atoms with E-state index in [-0.39, 0.29) is 11.9 Å². The SMILES string of the molecule is CCN(CC)c1ccc(Nc2cnc(C(=O)NC3CCCCC3)cn2)c(C)c1. The molecular formula is C22H31N5O. The van der Waals surface area contributed by atoms with Crippen LogP contribution in [0.3, 0.4) is 0 Å². The second-order valence-electron chi connectivity index (χ2n) is 7.39. The molecule has 2 aromatic rings. The van der Waals surface area contributed by atoms with E-state index in [1.807, 2.05) is 0 Å². The van der Waals surface area contributed by atoms with Crippen molar-refractivity contribution in [3.8, 4) is 0 Å². The Morgan fingerprint density at radius 3 is 2.46 bits per heavy atom. The lowest BCUT2D eigenvalue weighted by Gasteiger charge is -2.22. The van der Waals surface area contributed by atoms with Crippen molar-refractivity contribution in [2.75, 3.05) is 23.3 Å². The van der Waals surface area contributed by atoms with Crippen LogP contribution < -0.4 is 15.5 Å². The van der Waals surface area contributed by atoms with Crippen LogP contribution in [0.2, 0.25) is 0 Å². The first-order chi connectivity index (χ1) is 13.6. The molecule has 28 heavy (non-hydrogen) atoms. The van der Waals surface area contributed by atoms with Gasteiger partial charge in [0.2, 0.25) is 0 Å². The number of aryl methyl sites for hydroxylation is 1. The van der Waals surface area contributed by atoms with Crippen LogP contribution >= 0.6 is 0 Å². The zero-order chi connectivity index (χ0) is 19.9. The van der Waals surface area contributed by atoms with E-state index in [4.69, 9.17) is 0 Å². The van der Waals surface area contributed by atoms with E-state index >= 15 is 0 Å². The number of rotatable bonds is 7. The van der Waals surface area contributed by atoms with Gasteiger partial charge in [0, 0.05) is 30.5 Å². The minimum atomic E-state index is -0.134. The molecule has 6 heteroatoms. The Balaban J connectivity index is 1.63. The summed E-state index contributed by atoms with van der Waals surface area (Å²) in [5.41, 5.74) is 3.72. The molecule has 3 rings (SSSR count). The molecule has 0 radical (unpaired) electrons. The fraction of sp³-hybridized carbons (Fsp3) is 0.500. The molecule has 1 saturated carbocycles. The van der Waals surface area contributed by atoms with Crippen LogP contribution in [-0.2, 0) is 0 Å². The number of amides is 1. The molecule has 1 aliphatic rings. The van der Waals surface area contributed by atoms with Gasteiger partial charge in [0.25, 0.3) is 5.91 Å². The standard InChI is InChI=1S/C22H31N5O/c1-4-27(5-2)18-11-12-19(16(3)13-18)26-21-15-23-20(14-24-21)22(28)25-17-9-7-6-8-10-17/h11-15,17H,4-10H2,1-3H3,(H,24,26)(H,25,28). The summed E-state index contributed by atoms with van der Waals surface area (Å²) in [7, 11) is 0. The molecule has 0 bridgehead atoms. The zero-order valence-corrected chi connectivity index (χ0v) is 17.2. The van der Waals surface area contributed by atoms with E-state index < -0.39 is 0 Å². The lowest BCUT2D eigenvalue weighted by molar-refractivity contribution is 0.0922. The maximum atomic E-state index is 12.4. The van der Waals surface area contributed by atoms with Crippen LogP contribution in [0.4, 0.5) is 17.2 Å². The highest BCUT2D eigenvalue weighted by Crippen LogP contribution is 2.25. The van der Waals surface area contributed by atoms with Crippen LogP contribution in [0, 0.1) is 6.92 Å². The highest BCUT2D eigenvalue weighted by atomic mass is 16.1. The predicted octanol–water partition coefficient (Wildman–Crippen LogP) is 4.44. The number of hydrogen-bond acceptors (Lipinski definition) is 5. The topological polar surface area (TPSA) is 70.2 Å². The third-order valence-corrected chi connectivity index (χ3v) is 5.43. The van der Waals surface area contributed by atoms with Gasteiger partial charge < -0.3 is 15.5 Å². The van der Waals surface area contributed by atoms with Gasteiger partial charge in [-0.15, -0.1) is 0 Å². The lowest BCUT2D eigenvalue weighted by atomic mass is 9.95. The molecule has 6 nitrogen and oxygen atoms in total. The minimum Gasteiger partial charge on any atom is -0.372 e. The van der Waals surface area contributed by atoms with Crippen LogP contribution in [0.25, 0.3) is 0 Å². The first-order valence-electron chi connectivity index (χ1n) is 10.4. The highest BCUT2D eigenvalue weighted by molar-refractivity contribution is 5.92. The molecular weight excluding hydrogens is 350 g/mol. The summed E-state index contributed by atoms with van der Waals surface area (Å²) in [6, 6.07) is 6.62. The van der Waals surface area contributed by atoms with Gasteiger partial charge in [-0.05, 0) is 57.4 Å². The average Bonchev–Trinajstić information content (AvgIpc) is 2.72. The molecule has 0 atom stereocenters. The largest absolute Gasteiger partial charge is 0.372 e. The Kier molecular flexibility index (Phi) is 6.85. The van der Waals surface area contributed by atoms with Crippen LogP contribution in [0.5, 0.6) is 0 Å². The minimum absolute atomic E-state index is 0.134. The number of nitrogens with one attached hydrogen (secondary N) is 2. The molecule has 1 aromatic heterocycles. The third-order valence-electron chi connectivity index (χ3n) is 5.43. The van der Waals surface area contributed by atoms with E-state index in [1.54, 1.807) is 12.4 Å². The number of benzene rings is 1. The number of carbonyl (C=O) groups is 1. The van der Waals surface area contributed by atoms with Gasteiger partial charge in [0.1, 0.15) is 11.5 Å². The number of nitrogens with zero attached hydrogens (tertiary/aromatic N) is 3. The number of carbonyl (C=O) groups excluding carboxylic acids is 1. The van der Waals surface area contributed by atoms with E-state index in [2.05, 4.69) is 64.5 Å².